The van der Waals surface area contributed by atoms with Gasteiger partial charge in [0, 0.05) is 12.2 Å². The minimum absolute atomic E-state index is 0.119. The lowest BCUT2D eigenvalue weighted by atomic mass is 10.1. The largest absolute Gasteiger partial charge is 0.416 e. The van der Waals surface area contributed by atoms with E-state index in [1.807, 2.05) is 0 Å². The maximum absolute atomic E-state index is 12.8. The molecule has 1 aliphatic heterocycles. The van der Waals surface area contributed by atoms with Crippen LogP contribution in [0, 0.1) is 6.92 Å². The number of halogens is 3. The number of aryl methyl sites for hydroxylation is 1. The van der Waals surface area contributed by atoms with Crippen LogP contribution in [0.15, 0.2) is 18.2 Å². The van der Waals surface area contributed by atoms with Crippen LogP contribution in [0.5, 0.6) is 0 Å². The molecular formula is C14H17F3N2O2. The second-order valence-corrected chi connectivity index (χ2v) is 5.02. The zero-order chi connectivity index (χ0) is 15.6. The van der Waals surface area contributed by atoms with Crippen molar-refractivity contribution < 1.29 is 22.7 Å². The fourth-order valence-electron chi connectivity index (χ4n) is 2.25. The summed E-state index contributed by atoms with van der Waals surface area (Å²) >= 11 is 0. The Bertz CT molecular complexity index is 531. The number of rotatable bonds is 2. The summed E-state index contributed by atoms with van der Waals surface area (Å²) in [4.78, 5) is 12.1. The molecule has 0 unspecified atom stereocenters. The third-order valence-electron chi connectivity index (χ3n) is 3.41. The summed E-state index contributed by atoms with van der Waals surface area (Å²) in [6, 6.07) is 3.17. The van der Waals surface area contributed by atoms with Gasteiger partial charge in [0.2, 0.25) is 5.91 Å². The summed E-state index contributed by atoms with van der Waals surface area (Å²) in [5.41, 5.74) is -0.508. The quantitative estimate of drug-likeness (QED) is 0.881. The number of morpholine rings is 1. The molecule has 1 aromatic rings. The molecule has 7 heteroatoms. The van der Waals surface area contributed by atoms with Crippen molar-refractivity contribution in [2.45, 2.75) is 32.2 Å². The van der Waals surface area contributed by atoms with Crippen LogP contribution in [0.2, 0.25) is 0 Å². The van der Waals surface area contributed by atoms with E-state index in [1.165, 1.54) is 19.1 Å². The number of ether oxygens (including phenoxy) is 1. The highest BCUT2D eigenvalue weighted by atomic mass is 19.4. The summed E-state index contributed by atoms with van der Waals surface area (Å²) in [5.74, 6) is -0.404. The molecule has 1 fully saturated rings. The molecule has 0 bridgehead atoms. The number of nitrogens with one attached hydrogen (secondary N) is 2. The van der Waals surface area contributed by atoms with Gasteiger partial charge >= 0.3 is 6.18 Å². The molecule has 1 heterocycles. The summed E-state index contributed by atoms with van der Waals surface area (Å²) < 4.78 is 43.9. The van der Waals surface area contributed by atoms with E-state index < -0.39 is 23.7 Å². The molecule has 1 aliphatic rings. The Morgan fingerprint density at radius 1 is 1.43 bits per heavy atom. The first-order valence-corrected chi connectivity index (χ1v) is 6.63. The van der Waals surface area contributed by atoms with Crippen LogP contribution in [0.4, 0.5) is 18.9 Å². The van der Waals surface area contributed by atoms with Gasteiger partial charge in [-0.05, 0) is 31.5 Å². The molecule has 0 aliphatic carbocycles. The zero-order valence-electron chi connectivity index (χ0n) is 11.8. The monoisotopic (exact) mass is 302 g/mol. The number of benzene rings is 1. The van der Waals surface area contributed by atoms with Gasteiger partial charge in [-0.3, -0.25) is 4.79 Å². The van der Waals surface area contributed by atoms with E-state index in [-0.39, 0.29) is 17.4 Å². The van der Waals surface area contributed by atoms with Crippen molar-refractivity contribution in [2.75, 3.05) is 18.5 Å². The van der Waals surface area contributed by atoms with Crippen LogP contribution >= 0.6 is 0 Å². The number of carbonyl (C=O) groups excluding carboxylic acids is 1. The molecule has 0 saturated carbocycles. The van der Waals surface area contributed by atoms with Gasteiger partial charge in [-0.25, -0.2) is 0 Å². The van der Waals surface area contributed by atoms with Gasteiger partial charge in [-0.2, -0.15) is 13.2 Å². The van der Waals surface area contributed by atoms with Crippen molar-refractivity contribution in [3.8, 4) is 0 Å². The first-order chi connectivity index (χ1) is 9.79. The Balaban J connectivity index is 2.14. The second-order valence-electron chi connectivity index (χ2n) is 5.02. The Morgan fingerprint density at radius 2 is 2.14 bits per heavy atom. The highest BCUT2D eigenvalue weighted by molar-refractivity contribution is 5.95. The molecule has 2 rings (SSSR count). The van der Waals surface area contributed by atoms with Crippen LogP contribution in [0.3, 0.4) is 0 Å². The maximum Gasteiger partial charge on any atom is 0.416 e. The van der Waals surface area contributed by atoms with Gasteiger partial charge in [0.25, 0.3) is 0 Å². The molecule has 0 spiro atoms. The van der Waals surface area contributed by atoms with E-state index in [2.05, 4.69) is 10.6 Å². The lowest BCUT2D eigenvalue weighted by Gasteiger charge is -2.29. The van der Waals surface area contributed by atoms with Gasteiger partial charge in [0.1, 0.15) is 6.04 Å². The minimum Gasteiger partial charge on any atom is -0.375 e. The highest BCUT2D eigenvalue weighted by Gasteiger charge is 2.33. The first kappa shape index (κ1) is 15.8. The zero-order valence-corrected chi connectivity index (χ0v) is 11.8. The van der Waals surface area contributed by atoms with Gasteiger partial charge in [0.15, 0.2) is 0 Å². The number of alkyl halides is 3. The number of anilines is 1. The summed E-state index contributed by atoms with van der Waals surface area (Å²) in [7, 11) is 0. The van der Waals surface area contributed by atoms with Crippen molar-refractivity contribution in [1.29, 1.82) is 0 Å². The Labute approximate surface area is 120 Å². The van der Waals surface area contributed by atoms with E-state index in [4.69, 9.17) is 4.74 Å². The molecule has 2 atom stereocenters. The van der Waals surface area contributed by atoms with Crippen LogP contribution in [-0.2, 0) is 15.7 Å². The lowest BCUT2D eigenvalue weighted by Crippen LogP contribution is -2.53. The van der Waals surface area contributed by atoms with Crippen LogP contribution in [0.25, 0.3) is 0 Å². The fraction of sp³-hybridized carbons (Fsp3) is 0.500. The van der Waals surface area contributed by atoms with E-state index in [0.29, 0.717) is 13.2 Å². The van der Waals surface area contributed by atoms with Gasteiger partial charge < -0.3 is 15.4 Å². The Kier molecular flexibility index (Phi) is 4.53. The van der Waals surface area contributed by atoms with Crippen LogP contribution in [-0.4, -0.2) is 31.2 Å². The number of carbonyl (C=O) groups is 1. The van der Waals surface area contributed by atoms with E-state index in [0.717, 1.165) is 6.07 Å². The van der Waals surface area contributed by atoms with Gasteiger partial charge in [-0.1, -0.05) is 6.07 Å². The number of amides is 1. The number of hydrogen-bond donors (Lipinski definition) is 2. The Morgan fingerprint density at radius 3 is 2.76 bits per heavy atom. The normalized spacial score (nSPS) is 22.9. The fourth-order valence-corrected chi connectivity index (χ4v) is 2.25. The third kappa shape index (κ3) is 3.74. The summed E-state index contributed by atoms with van der Waals surface area (Å²) in [6.07, 6.45) is -4.77. The van der Waals surface area contributed by atoms with E-state index in [1.54, 1.807) is 6.92 Å². The molecule has 0 aromatic heterocycles. The minimum atomic E-state index is -4.44. The standard InChI is InChI=1S/C14H17F3N2O2/c1-8-3-4-10(7-11(8)14(15,16)17)19-13(20)12-9(2)21-6-5-18-12/h3-4,7,9,12,18H,5-6H2,1-2H3,(H,19,20)/t9-,12+/m1/s1. The molecule has 2 N–H and O–H groups in total. The SMILES string of the molecule is Cc1ccc(NC(=O)[C@H]2NCCO[C@@H]2C)cc1C(F)(F)F. The topological polar surface area (TPSA) is 50.4 Å². The molecule has 21 heavy (non-hydrogen) atoms. The summed E-state index contributed by atoms with van der Waals surface area (Å²) in [6.45, 7) is 4.16. The molecule has 0 radical (unpaired) electrons. The average Bonchev–Trinajstić information content (AvgIpc) is 2.40. The summed E-state index contributed by atoms with van der Waals surface area (Å²) in [5, 5.41) is 5.49. The maximum atomic E-state index is 12.8. The van der Waals surface area contributed by atoms with Crippen molar-refractivity contribution in [3.63, 3.8) is 0 Å². The Hall–Kier alpha value is -1.60. The third-order valence-corrected chi connectivity index (χ3v) is 3.41. The molecule has 4 nitrogen and oxygen atoms in total. The smallest absolute Gasteiger partial charge is 0.375 e. The predicted octanol–water partition coefficient (Wildman–Crippen LogP) is 2.33. The van der Waals surface area contributed by atoms with Gasteiger partial charge in [0.05, 0.1) is 18.3 Å². The molecule has 1 aromatic carbocycles. The van der Waals surface area contributed by atoms with E-state index in [9.17, 15) is 18.0 Å². The average molecular weight is 302 g/mol. The lowest BCUT2D eigenvalue weighted by molar-refractivity contribution is -0.138. The van der Waals surface area contributed by atoms with Crippen molar-refractivity contribution in [3.05, 3.63) is 29.3 Å². The number of hydrogen-bond acceptors (Lipinski definition) is 3. The van der Waals surface area contributed by atoms with E-state index >= 15 is 0 Å². The molecule has 1 amide bonds. The first-order valence-electron chi connectivity index (χ1n) is 6.63. The van der Waals surface area contributed by atoms with Crippen LogP contribution in [0.1, 0.15) is 18.1 Å². The van der Waals surface area contributed by atoms with Crippen molar-refractivity contribution in [2.24, 2.45) is 0 Å². The molecular weight excluding hydrogens is 285 g/mol. The molecule has 116 valence electrons. The second kappa shape index (κ2) is 6.03. The van der Waals surface area contributed by atoms with Crippen molar-refractivity contribution in [1.82, 2.24) is 5.32 Å². The highest BCUT2D eigenvalue weighted by Crippen LogP contribution is 2.33. The van der Waals surface area contributed by atoms with Crippen molar-refractivity contribution >= 4 is 11.6 Å². The van der Waals surface area contributed by atoms with Crippen LogP contribution < -0.4 is 10.6 Å². The molecule has 1 saturated heterocycles. The predicted molar refractivity (Wildman–Crippen MR) is 72.0 cm³/mol. The van der Waals surface area contributed by atoms with Gasteiger partial charge in [-0.15, -0.1) is 0 Å².